The predicted molar refractivity (Wildman–Crippen MR) is 81.8 cm³/mol. The van der Waals surface area contributed by atoms with E-state index in [4.69, 9.17) is 0 Å². The summed E-state index contributed by atoms with van der Waals surface area (Å²) in [6, 6.07) is 0.288. The zero-order chi connectivity index (χ0) is 14.5. The van der Waals surface area contributed by atoms with Crippen LogP contribution in [0, 0.1) is 11.8 Å². The van der Waals surface area contributed by atoms with Crippen molar-refractivity contribution in [1.82, 2.24) is 4.90 Å². The highest BCUT2D eigenvalue weighted by Gasteiger charge is 2.33. The molecule has 1 aliphatic heterocycles. The second kappa shape index (κ2) is 7.44. The quantitative estimate of drug-likeness (QED) is 0.797. The Bertz CT molecular complexity index is 316. The maximum Gasteiger partial charge on any atom is 0.320 e. The van der Waals surface area contributed by atoms with Gasteiger partial charge in [0.1, 0.15) is 6.04 Å². The zero-order valence-corrected chi connectivity index (χ0v) is 13.2. The van der Waals surface area contributed by atoms with E-state index in [-0.39, 0.29) is 6.04 Å². The van der Waals surface area contributed by atoms with Gasteiger partial charge >= 0.3 is 5.97 Å². The summed E-state index contributed by atoms with van der Waals surface area (Å²) in [6.07, 6.45) is 10.6. The number of nitrogens with zero attached hydrogens (tertiary/aromatic N) is 1. The lowest BCUT2D eigenvalue weighted by atomic mass is 9.89. The molecule has 1 N–H and O–H groups in total. The lowest BCUT2D eigenvalue weighted by molar-refractivity contribution is -0.144. The van der Waals surface area contributed by atoms with Crippen molar-refractivity contribution in [1.29, 1.82) is 0 Å². The highest BCUT2D eigenvalue weighted by molar-refractivity contribution is 5.73. The van der Waals surface area contributed by atoms with E-state index in [2.05, 4.69) is 18.7 Å². The van der Waals surface area contributed by atoms with E-state index in [1.807, 2.05) is 0 Å². The van der Waals surface area contributed by atoms with Gasteiger partial charge in [-0.2, -0.15) is 0 Å². The van der Waals surface area contributed by atoms with Gasteiger partial charge in [0.25, 0.3) is 0 Å². The highest BCUT2D eigenvalue weighted by Crippen LogP contribution is 2.33. The van der Waals surface area contributed by atoms with Crippen LogP contribution < -0.4 is 0 Å². The van der Waals surface area contributed by atoms with E-state index >= 15 is 0 Å². The summed E-state index contributed by atoms with van der Waals surface area (Å²) >= 11 is 0. The number of hydrogen-bond donors (Lipinski definition) is 1. The Balaban J connectivity index is 2.01. The first kappa shape index (κ1) is 15.8. The molecule has 0 spiro atoms. The molecule has 2 aliphatic rings. The number of carboxylic acid groups (broad SMARTS) is 1. The molecule has 1 saturated carbocycles. The van der Waals surface area contributed by atoms with Crippen molar-refractivity contribution in [2.45, 2.75) is 83.7 Å². The molecule has 1 aliphatic carbocycles. The van der Waals surface area contributed by atoms with Gasteiger partial charge in [-0.1, -0.05) is 39.5 Å². The molecule has 0 aromatic rings. The van der Waals surface area contributed by atoms with Gasteiger partial charge in [0.05, 0.1) is 0 Å². The Kier molecular flexibility index (Phi) is 5.88. The van der Waals surface area contributed by atoms with Crippen LogP contribution in [0.4, 0.5) is 0 Å². The molecule has 0 radical (unpaired) electrons. The van der Waals surface area contributed by atoms with Gasteiger partial charge in [-0.05, 0) is 50.5 Å². The number of hydrogen-bond acceptors (Lipinski definition) is 2. The van der Waals surface area contributed by atoms with Crippen LogP contribution in [-0.2, 0) is 4.79 Å². The Morgan fingerprint density at radius 1 is 1.00 bits per heavy atom. The van der Waals surface area contributed by atoms with Crippen LogP contribution >= 0.6 is 0 Å². The van der Waals surface area contributed by atoms with Gasteiger partial charge in [0.15, 0.2) is 0 Å². The van der Waals surface area contributed by atoms with Crippen molar-refractivity contribution in [3.8, 4) is 0 Å². The molecule has 0 aromatic heterocycles. The summed E-state index contributed by atoms with van der Waals surface area (Å²) in [6.45, 7) is 5.65. The van der Waals surface area contributed by atoms with Crippen LogP contribution in [0.25, 0.3) is 0 Å². The molecule has 3 unspecified atom stereocenters. The minimum atomic E-state index is -0.600. The fourth-order valence-electron chi connectivity index (χ4n) is 4.14. The molecule has 116 valence electrons. The van der Waals surface area contributed by atoms with Gasteiger partial charge in [-0.25, -0.2) is 0 Å². The molecule has 0 aromatic carbocycles. The largest absolute Gasteiger partial charge is 0.480 e. The van der Waals surface area contributed by atoms with Gasteiger partial charge in [-0.3, -0.25) is 9.69 Å². The number of aliphatic carboxylic acids is 1. The van der Waals surface area contributed by atoms with E-state index < -0.39 is 5.97 Å². The number of carbonyl (C=O) groups is 1. The number of rotatable bonds is 3. The van der Waals surface area contributed by atoms with Crippen LogP contribution in [0.3, 0.4) is 0 Å². The maximum absolute atomic E-state index is 11.6. The second-order valence-corrected chi connectivity index (χ2v) is 7.11. The third-order valence-corrected chi connectivity index (χ3v) is 5.47. The van der Waals surface area contributed by atoms with E-state index in [9.17, 15) is 9.90 Å². The Morgan fingerprint density at radius 3 is 2.50 bits per heavy atom. The van der Waals surface area contributed by atoms with Crippen molar-refractivity contribution in [2.75, 3.05) is 6.54 Å². The average molecular weight is 281 g/mol. The zero-order valence-electron chi connectivity index (χ0n) is 13.2. The molecule has 20 heavy (non-hydrogen) atoms. The smallest absolute Gasteiger partial charge is 0.320 e. The van der Waals surface area contributed by atoms with Gasteiger partial charge in [0, 0.05) is 6.04 Å². The fourth-order valence-corrected chi connectivity index (χ4v) is 4.14. The normalized spacial score (nSPS) is 33.6. The van der Waals surface area contributed by atoms with E-state index in [1.165, 1.54) is 44.9 Å². The standard InChI is InChI=1S/C17H31NO2/c1-13(2)14-7-6-8-15(11-10-14)18-12-5-3-4-9-16(18)17(19)20/h13-16H,3-12H2,1-2H3,(H,19,20). The summed E-state index contributed by atoms with van der Waals surface area (Å²) in [4.78, 5) is 13.9. The van der Waals surface area contributed by atoms with E-state index in [0.717, 1.165) is 31.2 Å². The van der Waals surface area contributed by atoms with Crippen LogP contribution in [0.5, 0.6) is 0 Å². The molecule has 0 amide bonds. The minimum Gasteiger partial charge on any atom is -0.480 e. The Morgan fingerprint density at radius 2 is 1.80 bits per heavy atom. The van der Waals surface area contributed by atoms with Gasteiger partial charge < -0.3 is 5.11 Å². The molecule has 3 atom stereocenters. The average Bonchev–Trinajstić information content (AvgIpc) is 2.78. The number of carboxylic acids is 1. The maximum atomic E-state index is 11.6. The topological polar surface area (TPSA) is 40.5 Å². The molecule has 1 saturated heterocycles. The minimum absolute atomic E-state index is 0.224. The van der Waals surface area contributed by atoms with Crippen molar-refractivity contribution in [2.24, 2.45) is 11.8 Å². The predicted octanol–water partition coefficient (Wildman–Crippen LogP) is 3.92. The molecule has 2 fully saturated rings. The van der Waals surface area contributed by atoms with Gasteiger partial charge in [0.2, 0.25) is 0 Å². The molecular formula is C17H31NO2. The third kappa shape index (κ3) is 3.97. The first-order valence-electron chi connectivity index (χ1n) is 8.58. The van der Waals surface area contributed by atoms with Crippen LogP contribution in [0.2, 0.25) is 0 Å². The molecule has 1 heterocycles. The molecule has 3 heteroatoms. The van der Waals surface area contributed by atoms with Crippen LogP contribution in [0.15, 0.2) is 0 Å². The highest BCUT2D eigenvalue weighted by atomic mass is 16.4. The van der Waals surface area contributed by atoms with Crippen LogP contribution in [-0.4, -0.2) is 34.6 Å². The van der Waals surface area contributed by atoms with Crippen molar-refractivity contribution in [3.63, 3.8) is 0 Å². The SMILES string of the molecule is CC(C)C1CCCC(N2CCCCCC2C(=O)O)CC1. The lowest BCUT2D eigenvalue weighted by Crippen LogP contribution is -2.47. The Hall–Kier alpha value is -0.570. The van der Waals surface area contributed by atoms with Crippen molar-refractivity contribution < 1.29 is 9.90 Å². The monoisotopic (exact) mass is 281 g/mol. The van der Waals surface area contributed by atoms with Crippen molar-refractivity contribution in [3.05, 3.63) is 0 Å². The first-order valence-corrected chi connectivity index (χ1v) is 8.58. The van der Waals surface area contributed by atoms with Gasteiger partial charge in [-0.15, -0.1) is 0 Å². The molecule has 2 rings (SSSR count). The van der Waals surface area contributed by atoms with E-state index in [0.29, 0.717) is 6.04 Å². The molecule has 3 nitrogen and oxygen atoms in total. The first-order chi connectivity index (χ1) is 9.59. The van der Waals surface area contributed by atoms with Crippen LogP contribution in [0.1, 0.15) is 71.6 Å². The van der Waals surface area contributed by atoms with E-state index in [1.54, 1.807) is 0 Å². The molecule has 0 bridgehead atoms. The summed E-state index contributed by atoms with van der Waals surface area (Å²) in [5, 5.41) is 9.53. The lowest BCUT2D eigenvalue weighted by Gasteiger charge is -2.34. The second-order valence-electron chi connectivity index (χ2n) is 7.11. The number of likely N-dealkylation sites (tertiary alicyclic amines) is 1. The fraction of sp³-hybridized carbons (Fsp3) is 0.941. The third-order valence-electron chi connectivity index (χ3n) is 5.47. The summed E-state index contributed by atoms with van der Waals surface area (Å²) < 4.78 is 0. The van der Waals surface area contributed by atoms with Crippen molar-refractivity contribution >= 4 is 5.97 Å². The summed E-state index contributed by atoms with van der Waals surface area (Å²) in [5.41, 5.74) is 0. The molecular weight excluding hydrogens is 250 g/mol. The Labute approximate surface area is 123 Å². The summed E-state index contributed by atoms with van der Waals surface area (Å²) in [5.74, 6) is 1.01. The summed E-state index contributed by atoms with van der Waals surface area (Å²) in [7, 11) is 0.